The first-order chi connectivity index (χ1) is 15.7. The second-order valence-corrected chi connectivity index (χ2v) is 7.76. The molecule has 1 amide bonds. The Balaban J connectivity index is 1.52. The number of amides is 1. The first kappa shape index (κ1) is 21.7. The van der Waals surface area contributed by atoms with Crippen LogP contribution in [0.4, 0.5) is 0 Å². The maximum absolute atomic E-state index is 12.9. The highest BCUT2D eigenvalue weighted by molar-refractivity contribution is 6.00. The van der Waals surface area contributed by atoms with Crippen LogP contribution in [-0.2, 0) is 0 Å². The average molecular weight is 433 g/mol. The van der Waals surface area contributed by atoms with E-state index < -0.39 is 0 Å². The van der Waals surface area contributed by atoms with Gasteiger partial charge in [-0.3, -0.25) is 4.79 Å². The van der Waals surface area contributed by atoms with E-state index >= 15 is 0 Å². The molecule has 0 saturated heterocycles. The van der Waals surface area contributed by atoms with Crippen LogP contribution < -0.4 is 14.8 Å². The fraction of sp³-hybridized carbons (Fsp3) is 0.308. The lowest BCUT2D eigenvalue weighted by molar-refractivity contribution is 0.0954. The maximum atomic E-state index is 12.9. The van der Waals surface area contributed by atoms with Gasteiger partial charge in [-0.2, -0.15) is 0 Å². The van der Waals surface area contributed by atoms with Crippen LogP contribution in [0, 0.1) is 0 Å². The Kier molecular flexibility index (Phi) is 6.90. The molecule has 1 N–H and O–H groups in total. The molecule has 2 aromatic carbocycles. The minimum atomic E-state index is -0.126. The Bertz CT molecular complexity index is 1120. The van der Waals surface area contributed by atoms with Crippen LogP contribution in [0.3, 0.4) is 0 Å². The zero-order chi connectivity index (χ0) is 22.3. The highest BCUT2D eigenvalue weighted by atomic mass is 16.5. The smallest absolute Gasteiger partial charge is 0.252 e. The van der Waals surface area contributed by atoms with E-state index in [0.717, 1.165) is 24.8 Å². The van der Waals surface area contributed by atoms with Gasteiger partial charge in [0.15, 0.2) is 5.76 Å². The molecule has 0 spiro atoms. The zero-order valence-electron chi connectivity index (χ0n) is 18.5. The zero-order valence-corrected chi connectivity index (χ0v) is 18.5. The Morgan fingerprint density at radius 3 is 2.75 bits per heavy atom. The number of benzene rings is 2. The number of hydrogen-bond donors (Lipinski definition) is 1. The molecular formula is C26H28N2O4. The number of ether oxygens (including phenoxy) is 2. The molecule has 6 nitrogen and oxygen atoms in total. The summed E-state index contributed by atoms with van der Waals surface area (Å²) >= 11 is 0. The molecule has 1 aliphatic carbocycles. The topological polar surface area (TPSA) is 73.6 Å². The van der Waals surface area contributed by atoms with Gasteiger partial charge in [0, 0.05) is 18.2 Å². The fourth-order valence-corrected chi connectivity index (χ4v) is 3.96. The van der Waals surface area contributed by atoms with E-state index in [2.05, 4.69) is 16.4 Å². The number of nitrogens with zero attached hydrogens (tertiary/aromatic N) is 1. The molecule has 1 aromatic heterocycles. The Morgan fingerprint density at radius 2 is 1.97 bits per heavy atom. The van der Waals surface area contributed by atoms with Crippen LogP contribution in [0.5, 0.6) is 11.5 Å². The predicted octanol–water partition coefficient (Wildman–Crippen LogP) is 5.65. The van der Waals surface area contributed by atoms with Crippen molar-refractivity contribution in [2.75, 3.05) is 20.8 Å². The molecule has 0 radical (unpaired) electrons. The molecule has 0 bridgehead atoms. The highest BCUT2D eigenvalue weighted by Crippen LogP contribution is 2.35. The SMILES string of the molecule is COc1ccc(-c2cnc(-c3ccccc3C(=O)NCCC3=CCCCC3)o2)c(OC)c1. The number of rotatable bonds is 8. The second-order valence-electron chi connectivity index (χ2n) is 7.76. The molecule has 0 aliphatic heterocycles. The van der Waals surface area contributed by atoms with Crippen molar-refractivity contribution in [3.63, 3.8) is 0 Å². The van der Waals surface area contributed by atoms with E-state index in [1.165, 1.54) is 18.4 Å². The van der Waals surface area contributed by atoms with E-state index in [1.807, 2.05) is 30.3 Å². The molecule has 4 rings (SSSR count). The number of aromatic nitrogens is 1. The van der Waals surface area contributed by atoms with Gasteiger partial charge in [0.1, 0.15) is 11.5 Å². The summed E-state index contributed by atoms with van der Waals surface area (Å²) in [6.07, 6.45) is 9.65. The molecule has 166 valence electrons. The van der Waals surface area contributed by atoms with Crippen LogP contribution in [0.1, 0.15) is 42.5 Å². The molecule has 1 heterocycles. The van der Waals surface area contributed by atoms with Crippen LogP contribution in [-0.4, -0.2) is 31.7 Å². The number of carbonyl (C=O) groups is 1. The summed E-state index contributed by atoms with van der Waals surface area (Å²) in [6.45, 7) is 0.624. The first-order valence-corrected chi connectivity index (χ1v) is 10.9. The molecular weight excluding hydrogens is 404 g/mol. The third-order valence-corrected chi connectivity index (χ3v) is 5.70. The van der Waals surface area contributed by atoms with E-state index in [-0.39, 0.29) is 5.91 Å². The second kappa shape index (κ2) is 10.2. The van der Waals surface area contributed by atoms with Crippen molar-refractivity contribution in [1.82, 2.24) is 10.3 Å². The van der Waals surface area contributed by atoms with Crippen molar-refractivity contribution in [2.45, 2.75) is 32.1 Å². The third kappa shape index (κ3) is 4.85. The molecule has 6 heteroatoms. The van der Waals surface area contributed by atoms with Crippen LogP contribution >= 0.6 is 0 Å². The number of allylic oxidation sites excluding steroid dienone is 1. The summed E-state index contributed by atoms with van der Waals surface area (Å²) in [4.78, 5) is 17.3. The Labute approximate surface area is 188 Å². The van der Waals surface area contributed by atoms with E-state index in [9.17, 15) is 4.79 Å². The lowest BCUT2D eigenvalue weighted by Crippen LogP contribution is -2.25. The van der Waals surface area contributed by atoms with E-state index in [1.54, 1.807) is 32.5 Å². The fourth-order valence-electron chi connectivity index (χ4n) is 3.96. The molecule has 32 heavy (non-hydrogen) atoms. The predicted molar refractivity (Wildman–Crippen MR) is 124 cm³/mol. The average Bonchev–Trinajstić information content (AvgIpc) is 3.34. The van der Waals surface area contributed by atoms with Gasteiger partial charge in [-0.15, -0.1) is 0 Å². The molecule has 0 atom stereocenters. The molecule has 1 aliphatic rings. The van der Waals surface area contributed by atoms with E-state index in [4.69, 9.17) is 13.9 Å². The van der Waals surface area contributed by atoms with Gasteiger partial charge in [0.2, 0.25) is 5.89 Å². The molecule has 3 aromatic rings. The maximum Gasteiger partial charge on any atom is 0.252 e. The van der Waals surface area contributed by atoms with Gasteiger partial charge >= 0.3 is 0 Å². The monoisotopic (exact) mass is 432 g/mol. The first-order valence-electron chi connectivity index (χ1n) is 10.9. The summed E-state index contributed by atoms with van der Waals surface area (Å²) in [5, 5.41) is 3.04. The van der Waals surface area contributed by atoms with Gasteiger partial charge in [-0.1, -0.05) is 23.8 Å². The number of oxazole rings is 1. The standard InChI is InChI=1S/C26H28N2O4/c1-30-19-12-13-22(23(16-19)31-2)24-17-28-26(32-24)21-11-7-6-10-20(21)25(29)27-15-14-18-8-4-3-5-9-18/h6-8,10-13,16-17H,3-5,9,14-15H2,1-2H3,(H,27,29). The minimum absolute atomic E-state index is 0.126. The van der Waals surface area contributed by atoms with Crippen molar-refractivity contribution in [1.29, 1.82) is 0 Å². The Hall–Kier alpha value is -3.54. The van der Waals surface area contributed by atoms with Gasteiger partial charge in [0.05, 0.1) is 31.5 Å². The minimum Gasteiger partial charge on any atom is -0.497 e. The number of carbonyl (C=O) groups excluding carboxylic acids is 1. The lowest BCUT2D eigenvalue weighted by atomic mass is 9.97. The number of nitrogens with one attached hydrogen (secondary N) is 1. The summed E-state index contributed by atoms with van der Waals surface area (Å²) in [5.41, 5.74) is 3.39. The van der Waals surface area contributed by atoms with Crippen LogP contribution in [0.25, 0.3) is 22.8 Å². The summed E-state index contributed by atoms with van der Waals surface area (Å²) in [7, 11) is 3.20. The van der Waals surface area contributed by atoms with Crippen molar-refractivity contribution < 1.29 is 18.7 Å². The third-order valence-electron chi connectivity index (χ3n) is 5.70. The van der Waals surface area contributed by atoms with Crippen LogP contribution in [0.2, 0.25) is 0 Å². The number of methoxy groups -OCH3 is 2. The highest BCUT2D eigenvalue weighted by Gasteiger charge is 2.18. The van der Waals surface area contributed by atoms with Gasteiger partial charge in [-0.25, -0.2) is 4.98 Å². The molecule has 0 unspecified atom stereocenters. The summed E-state index contributed by atoms with van der Waals surface area (Å²) in [6, 6.07) is 12.8. The van der Waals surface area contributed by atoms with Gasteiger partial charge in [-0.05, 0) is 56.4 Å². The van der Waals surface area contributed by atoms with Crippen molar-refractivity contribution >= 4 is 5.91 Å². The van der Waals surface area contributed by atoms with Crippen molar-refractivity contribution in [2.24, 2.45) is 0 Å². The molecule has 0 saturated carbocycles. The van der Waals surface area contributed by atoms with Crippen molar-refractivity contribution in [3.8, 4) is 34.3 Å². The quantitative estimate of drug-likeness (QED) is 0.466. The van der Waals surface area contributed by atoms with E-state index in [0.29, 0.717) is 40.8 Å². The normalized spacial score (nSPS) is 13.4. The van der Waals surface area contributed by atoms with Crippen LogP contribution in [0.15, 0.2) is 64.7 Å². The van der Waals surface area contributed by atoms with Gasteiger partial charge in [0.25, 0.3) is 5.91 Å². The summed E-state index contributed by atoms with van der Waals surface area (Å²) < 4.78 is 16.8. The Morgan fingerprint density at radius 1 is 1.09 bits per heavy atom. The number of hydrogen-bond acceptors (Lipinski definition) is 5. The van der Waals surface area contributed by atoms with Gasteiger partial charge < -0.3 is 19.2 Å². The largest absolute Gasteiger partial charge is 0.497 e. The summed E-state index contributed by atoms with van der Waals surface area (Å²) in [5.74, 6) is 2.13. The van der Waals surface area contributed by atoms with Crippen molar-refractivity contribution in [3.05, 3.63) is 65.9 Å². The lowest BCUT2D eigenvalue weighted by Gasteiger charge is -2.13. The molecule has 0 fully saturated rings.